The van der Waals surface area contributed by atoms with E-state index in [1.807, 2.05) is 36.4 Å². The second-order valence-electron chi connectivity index (χ2n) is 5.20. The van der Waals surface area contributed by atoms with Crippen molar-refractivity contribution < 1.29 is 9.53 Å². The summed E-state index contributed by atoms with van der Waals surface area (Å²) in [6.45, 7) is 2.14. The number of hydrogen-bond donors (Lipinski definition) is 0. The fraction of sp³-hybridized carbons (Fsp3) is 0.200. The van der Waals surface area contributed by atoms with Crippen molar-refractivity contribution in [1.29, 1.82) is 0 Å². The van der Waals surface area contributed by atoms with Gasteiger partial charge in [-0.15, -0.1) is 0 Å². The smallest absolute Gasteiger partial charge is 0.224 e. The number of allylic oxidation sites excluding steroid dienone is 3. The minimum absolute atomic E-state index is 0.294. The molecule has 0 aliphatic heterocycles. The molecule has 0 unspecified atom stereocenters. The standard InChI is InChI=1S/C20H20ClNO2/c1-3-4-5-6-7-9-15-10-8-11-17(19(15)21)18-13-12-16(14-23)20(22-18)24-2/h5-14H,3-4H2,1-2H3/b6-5-,9-7+. The van der Waals surface area contributed by atoms with Gasteiger partial charge in [0.2, 0.25) is 5.88 Å². The summed E-state index contributed by atoms with van der Waals surface area (Å²) in [4.78, 5) is 15.4. The number of unbranched alkanes of at least 4 members (excludes halogenated alkanes) is 1. The number of methoxy groups -OCH3 is 1. The van der Waals surface area contributed by atoms with Crippen LogP contribution in [-0.4, -0.2) is 18.4 Å². The van der Waals surface area contributed by atoms with Gasteiger partial charge in [0, 0.05) is 5.56 Å². The summed E-state index contributed by atoms with van der Waals surface area (Å²) in [5.74, 6) is 0.294. The van der Waals surface area contributed by atoms with Gasteiger partial charge in [0.1, 0.15) is 0 Å². The summed E-state index contributed by atoms with van der Waals surface area (Å²) >= 11 is 6.53. The molecule has 0 amide bonds. The van der Waals surface area contributed by atoms with Crippen molar-refractivity contribution in [2.24, 2.45) is 0 Å². The molecule has 124 valence electrons. The van der Waals surface area contributed by atoms with Gasteiger partial charge in [0.25, 0.3) is 0 Å². The van der Waals surface area contributed by atoms with Crippen LogP contribution in [0, 0.1) is 0 Å². The first-order valence-corrected chi connectivity index (χ1v) is 8.21. The number of ether oxygens (including phenoxy) is 1. The molecule has 1 aromatic carbocycles. The molecule has 4 heteroatoms. The highest BCUT2D eigenvalue weighted by atomic mass is 35.5. The average molecular weight is 342 g/mol. The quantitative estimate of drug-likeness (QED) is 0.486. The third kappa shape index (κ3) is 4.33. The third-order valence-electron chi connectivity index (χ3n) is 3.49. The summed E-state index contributed by atoms with van der Waals surface area (Å²) < 4.78 is 5.16. The van der Waals surface area contributed by atoms with E-state index in [9.17, 15) is 4.79 Å². The maximum absolute atomic E-state index is 11.0. The first-order valence-electron chi connectivity index (χ1n) is 7.83. The Morgan fingerprint density at radius 2 is 2.00 bits per heavy atom. The van der Waals surface area contributed by atoms with E-state index in [1.54, 1.807) is 12.1 Å². The molecule has 0 fully saturated rings. The van der Waals surface area contributed by atoms with Crippen molar-refractivity contribution in [3.8, 4) is 17.1 Å². The van der Waals surface area contributed by atoms with Crippen LogP contribution in [0.2, 0.25) is 5.02 Å². The van der Waals surface area contributed by atoms with Crippen molar-refractivity contribution in [3.63, 3.8) is 0 Å². The molecule has 24 heavy (non-hydrogen) atoms. The second kappa shape index (κ2) is 9.04. The maximum Gasteiger partial charge on any atom is 0.224 e. The molecule has 3 nitrogen and oxygen atoms in total. The Labute approximate surface area is 147 Å². The number of pyridine rings is 1. The molecule has 1 aromatic heterocycles. The van der Waals surface area contributed by atoms with E-state index >= 15 is 0 Å². The van der Waals surface area contributed by atoms with Gasteiger partial charge in [-0.2, -0.15) is 0 Å². The Morgan fingerprint density at radius 1 is 1.17 bits per heavy atom. The van der Waals surface area contributed by atoms with Crippen molar-refractivity contribution in [2.45, 2.75) is 19.8 Å². The molecule has 0 radical (unpaired) electrons. The lowest BCUT2D eigenvalue weighted by atomic mass is 10.1. The van der Waals surface area contributed by atoms with Crippen LogP contribution in [0.3, 0.4) is 0 Å². The Kier molecular flexibility index (Phi) is 6.76. The fourth-order valence-electron chi connectivity index (χ4n) is 2.23. The van der Waals surface area contributed by atoms with Crippen LogP contribution in [0.5, 0.6) is 5.88 Å². The van der Waals surface area contributed by atoms with E-state index in [0.29, 0.717) is 22.2 Å². The zero-order chi connectivity index (χ0) is 17.4. The molecule has 0 aliphatic rings. The van der Waals surface area contributed by atoms with E-state index in [2.05, 4.69) is 18.0 Å². The van der Waals surface area contributed by atoms with Crippen LogP contribution < -0.4 is 4.74 Å². The SMILES string of the molecule is CCC/C=C\C=C\c1cccc(-c2ccc(C=O)c(OC)n2)c1Cl. The van der Waals surface area contributed by atoms with Crippen LogP contribution in [0.4, 0.5) is 0 Å². The predicted octanol–water partition coefficient (Wildman–Crippen LogP) is 5.59. The lowest BCUT2D eigenvalue weighted by molar-refractivity contribution is 0.112. The number of aromatic nitrogens is 1. The fourth-order valence-corrected chi connectivity index (χ4v) is 2.52. The van der Waals surface area contributed by atoms with Gasteiger partial charge in [-0.25, -0.2) is 4.98 Å². The minimum atomic E-state index is 0.294. The monoisotopic (exact) mass is 341 g/mol. The Balaban J connectivity index is 2.35. The molecule has 0 saturated carbocycles. The Bertz CT molecular complexity index is 766. The Morgan fingerprint density at radius 3 is 2.71 bits per heavy atom. The maximum atomic E-state index is 11.0. The molecular weight excluding hydrogens is 322 g/mol. The molecular formula is C20H20ClNO2. The van der Waals surface area contributed by atoms with Crippen molar-refractivity contribution >= 4 is 24.0 Å². The van der Waals surface area contributed by atoms with Crippen molar-refractivity contribution in [2.75, 3.05) is 7.11 Å². The highest BCUT2D eigenvalue weighted by Crippen LogP contribution is 2.31. The average Bonchev–Trinajstić information content (AvgIpc) is 2.62. The molecule has 1 heterocycles. The number of halogens is 1. The van der Waals surface area contributed by atoms with Crippen LogP contribution in [0.25, 0.3) is 17.3 Å². The molecule has 0 bridgehead atoms. The van der Waals surface area contributed by atoms with E-state index in [1.165, 1.54) is 7.11 Å². The number of aldehydes is 1. The van der Waals surface area contributed by atoms with Crippen LogP contribution in [-0.2, 0) is 0 Å². The summed E-state index contributed by atoms with van der Waals surface area (Å²) in [5, 5.41) is 0.617. The zero-order valence-corrected chi connectivity index (χ0v) is 14.6. The largest absolute Gasteiger partial charge is 0.480 e. The normalized spacial score (nSPS) is 11.3. The van der Waals surface area contributed by atoms with E-state index in [0.717, 1.165) is 30.3 Å². The minimum Gasteiger partial charge on any atom is -0.480 e. The lowest BCUT2D eigenvalue weighted by Crippen LogP contribution is -1.96. The third-order valence-corrected chi connectivity index (χ3v) is 3.91. The van der Waals surface area contributed by atoms with Crippen LogP contribution in [0.15, 0.2) is 48.6 Å². The van der Waals surface area contributed by atoms with Crippen LogP contribution in [0.1, 0.15) is 35.7 Å². The molecule has 0 saturated heterocycles. The highest BCUT2D eigenvalue weighted by molar-refractivity contribution is 6.34. The van der Waals surface area contributed by atoms with E-state index in [4.69, 9.17) is 16.3 Å². The number of carbonyl (C=O) groups is 1. The van der Waals surface area contributed by atoms with E-state index < -0.39 is 0 Å². The van der Waals surface area contributed by atoms with Gasteiger partial charge in [-0.05, 0) is 24.1 Å². The molecule has 2 rings (SSSR count). The van der Waals surface area contributed by atoms with Gasteiger partial charge < -0.3 is 4.74 Å². The van der Waals surface area contributed by atoms with Gasteiger partial charge >= 0.3 is 0 Å². The van der Waals surface area contributed by atoms with Crippen molar-refractivity contribution in [1.82, 2.24) is 4.98 Å². The number of rotatable bonds is 7. The second-order valence-corrected chi connectivity index (χ2v) is 5.58. The summed E-state index contributed by atoms with van der Waals surface area (Å²) in [5.41, 5.74) is 2.79. The van der Waals surface area contributed by atoms with Crippen LogP contribution >= 0.6 is 11.6 Å². The summed E-state index contributed by atoms with van der Waals surface area (Å²) in [6.07, 6.45) is 11.0. The first kappa shape index (κ1) is 18.0. The number of carbonyl (C=O) groups excluding carboxylic acids is 1. The Hall–Kier alpha value is -2.39. The van der Waals surface area contributed by atoms with E-state index in [-0.39, 0.29) is 0 Å². The van der Waals surface area contributed by atoms with Gasteiger partial charge in [0.05, 0.1) is 23.4 Å². The summed E-state index contributed by atoms with van der Waals surface area (Å²) in [6, 6.07) is 9.23. The predicted molar refractivity (Wildman–Crippen MR) is 99.7 cm³/mol. The molecule has 0 aliphatic carbocycles. The number of hydrogen-bond acceptors (Lipinski definition) is 3. The van der Waals surface area contributed by atoms with Crippen molar-refractivity contribution in [3.05, 3.63) is 64.7 Å². The number of nitrogens with zero attached hydrogens (tertiary/aromatic N) is 1. The summed E-state index contributed by atoms with van der Waals surface area (Å²) in [7, 11) is 1.49. The highest BCUT2D eigenvalue weighted by Gasteiger charge is 2.11. The molecule has 0 atom stereocenters. The molecule has 0 spiro atoms. The lowest BCUT2D eigenvalue weighted by Gasteiger charge is -2.09. The van der Waals surface area contributed by atoms with Gasteiger partial charge in [-0.1, -0.05) is 67.4 Å². The zero-order valence-electron chi connectivity index (χ0n) is 13.8. The topological polar surface area (TPSA) is 39.2 Å². The molecule has 0 N–H and O–H groups in total. The van der Waals surface area contributed by atoms with Gasteiger partial charge in [-0.3, -0.25) is 4.79 Å². The van der Waals surface area contributed by atoms with Gasteiger partial charge in [0.15, 0.2) is 6.29 Å². The molecule has 2 aromatic rings. The first-order chi connectivity index (χ1) is 11.7. The number of benzene rings is 1.